The summed E-state index contributed by atoms with van der Waals surface area (Å²) in [6.45, 7) is 1.69. The van der Waals surface area contributed by atoms with E-state index in [1.165, 1.54) is 10.9 Å². The number of aliphatic hydroxyl groups excluding tert-OH is 1. The van der Waals surface area contributed by atoms with Gasteiger partial charge in [-0.25, -0.2) is 0 Å². The molecule has 0 heterocycles. The summed E-state index contributed by atoms with van der Waals surface area (Å²) >= 11 is 0. The van der Waals surface area contributed by atoms with Gasteiger partial charge in [0, 0.05) is 0 Å². The summed E-state index contributed by atoms with van der Waals surface area (Å²) in [4.78, 5) is 0. The van der Waals surface area contributed by atoms with Gasteiger partial charge in [0.1, 0.15) is 5.75 Å². The van der Waals surface area contributed by atoms with E-state index in [4.69, 9.17) is 9.84 Å². The Kier molecular flexibility index (Phi) is 3.33. The zero-order chi connectivity index (χ0) is 12.3. The maximum atomic E-state index is 9.14. The molecule has 0 amide bonds. The van der Waals surface area contributed by atoms with E-state index in [-0.39, 0.29) is 0 Å². The Morgan fingerprint density at radius 3 is 2.59 bits per heavy atom. The normalized spacial score (nSPS) is 11.8. The van der Waals surface area contributed by atoms with Gasteiger partial charge in [-0.05, 0) is 47.9 Å². The van der Waals surface area contributed by atoms with Gasteiger partial charge >= 0.3 is 0 Å². The van der Waals surface area contributed by atoms with E-state index >= 15 is 0 Å². The highest BCUT2D eigenvalue weighted by atomic mass is 16.5. The predicted molar refractivity (Wildman–Crippen MR) is 70.6 cm³/mol. The first kappa shape index (κ1) is 11.5. The Hall–Kier alpha value is -1.96. The van der Waals surface area contributed by atoms with E-state index in [9.17, 15) is 0 Å². The molecular formula is C15H16O2. The van der Waals surface area contributed by atoms with Gasteiger partial charge < -0.3 is 9.84 Å². The van der Waals surface area contributed by atoms with Crippen molar-refractivity contribution in [2.24, 2.45) is 0 Å². The highest BCUT2D eigenvalue weighted by Crippen LogP contribution is 2.22. The lowest BCUT2D eigenvalue weighted by Gasteiger charge is -2.04. The molecule has 2 aromatic rings. The fourth-order valence-electron chi connectivity index (χ4n) is 1.79. The monoisotopic (exact) mass is 228 g/mol. The van der Waals surface area contributed by atoms with Crippen molar-refractivity contribution in [3.63, 3.8) is 0 Å². The summed E-state index contributed by atoms with van der Waals surface area (Å²) in [5.41, 5.74) is 1.19. The zero-order valence-electron chi connectivity index (χ0n) is 10.1. The molecule has 2 rings (SSSR count). The van der Waals surface area contributed by atoms with E-state index in [0.29, 0.717) is 5.76 Å². The van der Waals surface area contributed by atoms with Crippen LogP contribution in [0.2, 0.25) is 0 Å². The number of allylic oxidation sites excluding steroid dienone is 2. The minimum Gasteiger partial charge on any atom is -0.513 e. The van der Waals surface area contributed by atoms with Crippen LogP contribution in [0.3, 0.4) is 0 Å². The van der Waals surface area contributed by atoms with Gasteiger partial charge in [0.15, 0.2) is 0 Å². The molecule has 0 fully saturated rings. The standard InChI is InChI=1S/C15H16O2/c1-11(16)3-4-12-5-6-14-10-15(17-2)8-7-13(14)9-12/h3,5-10,16H,4H2,1-2H3. The fraction of sp³-hybridized carbons (Fsp3) is 0.200. The third kappa shape index (κ3) is 2.78. The van der Waals surface area contributed by atoms with E-state index in [1.807, 2.05) is 24.3 Å². The summed E-state index contributed by atoms with van der Waals surface area (Å²) < 4.78 is 5.19. The topological polar surface area (TPSA) is 29.5 Å². The molecular weight excluding hydrogens is 212 g/mol. The minimum absolute atomic E-state index is 0.361. The molecule has 0 radical (unpaired) electrons. The number of benzene rings is 2. The van der Waals surface area contributed by atoms with Crippen molar-refractivity contribution in [3.8, 4) is 5.75 Å². The molecule has 0 aromatic heterocycles. The SMILES string of the molecule is COc1ccc2cc(CC=C(C)O)ccc2c1. The number of ether oxygens (including phenoxy) is 1. The maximum absolute atomic E-state index is 9.14. The summed E-state index contributed by atoms with van der Waals surface area (Å²) in [6, 6.07) is 12.3. The number of rotatable bonds is 3. The fourth-order valence-corrected chi connectivity index (χ4v) is 1.79. The second-order valence-electron chi connectivity index (χ2n) is 4.10. The Morgan fingerprint density at radius 2 is 1.88 bits per heavy atom. The Bertz CT molecular complexity index is 552. The number of hydrogen-bond donors (Lipinski definition) is 1. The number of fused-ring (bicyclic) bond motifs is 1. The van der Waals surface area contributed by atoms with E-state index < -0.39 is 0 Å². The van der Waals surface area contributed by atoms with Gasteiger partial charge in [0.2, 0.25) is 0 Å². The lowest BCUT2D eigenvalue weighted by molar-refractivity contribution is 0.412. The molecule has 1 N–H and O–H groups in total. The maximum Gasteiger partial charge on any atom is 0.119 e. The number of aliphatic hydroxyl groups is 1. The molecule has 88 valence electrons. The van der Waals surface area contributed by atoms with Gasteiger partial charge in [-0.2, -0.15) is 0 Å². The van der Waals surface area contributed by atoms with Crippen LogP contribution in [0.5, 0.6) is 5.75 Å². The van der Waals surface area contributed by atoms with Gasteiger partial charge in [-0.1, -0.05) is 24.3 Å². The molecule has 2 heteroatoms. The Morgan fingerprint density at radius 1 is 1.18 bits per heavy atom. The first-order valence-corrected chi connectivity index (χ1v) is 5.61. The summed E-state index contributed by atoms with van der Waals surface area (Å²) in [5, 5.41) is 11.5. The molecule has 0 bridgehead atoms. The minimum atomic E-state index is 0.361. The molecule has 0 saturated heterocycles. The molecule has 0 saturated carbocycles. The molecule has 0 spiro atoms. The molecule has 17 heavy (non-hydrogen) atoms. The smallest absolute Gasteiger partial charge is 0.119 e. The van der Waals surface area contributed by atoms with Crippen LogP contribution in [-0.2, 0) is 6.42 Å². The van der Waals surface area contributed by atoms with Crippen molar-refractivity contribution in [2.75, 3.05) is 7.11 Å². The van der Waals surface area contributed by atoms with Crippen LogP contribution in [0.1, 0.15) is 12.5 Å². The quantitative estimate of drug-likeness (QED) is 0.808. The highest BCUT2D eigenvalue weighted by molar-refractivity contribution is 5.84. The average Bonchev–Trinajstić information content (AvgIpc) is 2.35. The van der Waals surface area contributed by atoms with Gasteiger partial charge in [0.05, 0.1) is 12.9 Å². The molecule has 0 aliphatic heterocycles. The lowest BCUT2D eigenvalue weighted by atomic mass is 10.0. The van der Waals surface area contributed by atoms with E-state index in [2.05, 4.69) is 18.2 Å². The Balaban J connectivity index is 2.34. The second-order valence-corrected chi connectivity index (χ2v) is 4.10. The second kappa shape index (κ2) is 4.91. The predicted octanol–water partition coefficient (Wildman–Crippen LogP) is 3.85. The first-order chi connectivity index (χ1) is 8.19. The summed E-state index contributed by atoms with van der Waals surface area (Å²) in [7, 11) is 1.67. The van der Waals surface area contributed by atoms with Crippen LogP contribution in [0.25, 0.3) is 10.8 Å². The number of methoxy groups -OCH3 is 1. The summed E-state index contributed by atoms with van der Waals surface area (Å²) in [6.07, 6.45) is 2.56. The van der Waals surface area contributed by atoms with Gasteiger partial charge in [-0.15, -0.1) is 0 Å². The van der Waals surface area contributed by atoms with Crippen molar-refractivity contribution < 1.29 is 9.84 Å². The van der Waals surface area contributed by atoms with Crippen molar-refractivity contribution in [1.29, 1.82) is 0 Å². The average molecular weight is 228 g/mol. The van der Waals surface area contributed by atoms with Crippen LogP contribution in [0.15, 0.2) is 48.2 Å². The van der Waals surface area contributed by atoms with Crippen molar-refractivity contribution in [3.05, 3.63) is 53.8 Å². The third-order valence-corrected chi connectivity index (χ3v) is 2.74. The van der Waals surface area contributed by atoms with Crippen molar-refractivity contribution in [1.82, 2.24) is 0 Å². The van der Waals surface area contributed by atoms with Crippen molar-refractivity contribution in [2.45, 2.75) is 13.3 Å². The third-order valence-electron chi connectivity index (χ3n) is 2.74. The van der Waals surface area contributed by atoms with Crippen LogP contribution in [-0.4, -0.2) is 12.2 Å². The Labute approximate surface area is 101 Å². The molecule has 2 aromatic carbocycles. The van der Waals surface area contributed by atoms with E-state index in [1.54, 1.807) is 14.0 Å². The molecule has 0 unspecified atom stereocenters. The van der Waals surface area contributed by atoms with Crippen LogP contribution < -0.4 is 4.74 Å². The lowest BCUT2D eigenvalue weighted by Crippen LogP contribution is -1.85. The van der Waals surface area contributed by atoms with Gasteiger partial charge in [0.25, 0.3) is 0 Å². The van der Waals surface area contributed by atoms with Gasteiger partial charge in [-0.3, -0.25) is 0 Å². The molecule has 0 atom stereocenters. The van der Waals surface area contributed by atoms with Crippen LogP contribution >= 0.6 is 0 Å². The molecule has 0 aliphatic rings. The summed E-state index contributed by atoms with van der Waals surface area (Å²) in [5.74, 6) is 1.23. The van der Waals surface area contributed by atoms with Crippen LogP contribution in [0.4, 0.5) is 0 Å². The zero-order valence-corrected chi connectivity index (χ0v) is 10.1. The van der Waals surface area contributed by atoms with Crippen LogP contribution in [0, 0.1) is 0 Å². The number of hydrogen-bond acceptors (Lipinski definition) is 2. The molecule has 2 nitrogen and oxygen atoms in total. The van der Waals surface area contributed by atoms with Crippen molar-refractivity contribution >= 4 is 10.8 Å². The first-order valence-electron chi connectivity index (χ1n) is 5.61. The molecule has 0 aliphatic carbocycles. The highest BCUT2D eigenvalue weighted by Gasteiger charge is 1.98. The largest absolute Gasteiger partial charge is 0.513 e. The van der Waals surface area contributed by atoms with E-state index in [0.717, 1.165) is 17.6 Å².